The molecule has 1 aliphatic heterocycles. The maximum absolute atomic E-state index is 4.23. The first-order chi connectivity index (χ1) is 9.29. The van der Waals surface area contributed by atoms with Gasteiger partial charge in [0.25, 0.3) is 0 Å². The molecule has 19 heavy (non-hydrogen) atoms. The molecule has 1 N–H and O–H groups in total. The van der Waals surface area contributed by atoms with Crippen LogP contribution in [0.2, 0.25) is 0 Å². The van der Waals surface area contributed by atoms with E-state index in [1.54, 1.807) is 0 Å². The predicted octanol–water partition coefficient (Wildman–Crippen LogP) is 2.11. The summed E-state index contributed by atoms with van der Waals surface area (Å²) in [7, 11) is 0. The van der Waals surface area contributed by atoms with E-state index in [9.17, 15) is 0 Å². The molecule has 1 aromatic heterocycles. The molecular formula is C15H28N4. The number of rotatable bonds is 7. The Kier molecular flexibility index (Phi) is 5.86. The van der Waals surface area contributed by atoms with Crippen molar-refractivity contribution in [3.05, 3.63) is 18.2 Å². The van der Waals surface area contributed by atoms with Crippen LogP contribution in [0.15, 0.2) is 12.5 Å². The fourth-order valence-corrected chi connectivity index (χ4v) is 2.68. The number of nitrogens with zero attached hydrogens (tertiary/aromatic N) is 3. The Labute approximate surface area is 117 Å². The second-order valence-corrected chi connectivity index (χ2v) is 5.78. The van der Waals surface area contributed by atoms with E-state index < -0.39 is 0 Å². The lowest BCUT2D eigenvalue weighted by Gasteiger charge is -2.30. The molecule has 0 radical (unpaired) electrons. The quantitative estimate of drug-likeness (QED) is 0.766. The van der Waals surface area contributed by atoms with Crippen LogP contribution in [0.4, 0.5) is 0 Å². The number of hydrogen-bond acceptors (Lipinski definition) is 3. The van der Waals surface area contributed by atoms with Gasteiger partial charge < -0.3 is 14.8 Å². The van der Waals surface area contributed by atoms with E-state index in [0.717, 1.165) is 32.0 Å². The minimum Gasteiger partial charge on any atom is -0.333 e. The summed E-state index contributed by atoms with van der Waals surface area (Å²) in [5, 5.41) is 3.54. The Morgan fingerprint density at radius 2 is 2.11 bits per heavy atom. The maximum Gasteiger partial charge on any atom is 0.0948 e. The molecule has 4 heteroatoms. The lowest BCUT2D eigenvalue weighted by Crippen LogP contribution is -2.37. The van der Waals surface area contributed by atoms with Crippen LogP contribution in [-0.4, -0.2) is 40.6 Å². The van der Waals surface area contributed by atoms with Gasteiger partial charge >= 0.3 is 0 Å². The number of nitrogens with one attached hydrogen (secondary N) is 1. The van der Waals surface area contributed by atoms with Crippen molar-refractivity contribution in [3.63, 3.8) is 0 Å². The van der Waals surface area contributed by atoms with Gasteiger partial charge in [-0.3, -0.25) is 0 Å². The molecule has 2 heterocycles. The minimum absolute atomic E-state index is 0.924. The molecule has 0 amide bonds. The molecule has 1 aliphatic rings. The lowest BCUT2D eigenvalue weighted by molar-refractivity contribution is 0.193. The first-order valence-corrected chi connectivity index (χ1v) is 7.71. The number of imidazole rings is 1. The van der Waals surface area contributed by atoms with Crippen molar-refractivity contribution in [1.29, 1.82) is 0 Å². The fraction of sp³-hybridized carbons (Fsp3) is 0.800. The van der Waals surface area contributed by atoms with E-state index in [2.05, 4.69) is 33.6 Å². The van der Waals surface area contributed by atoms with Gasteiger partial charge in [0.1, 0.15) is 0 Å². The van der Waals surface area contributed by atoms with Crippen LogP contribution in [0.1, 0.15) is 38.8 Å². The highest BCUT2D eigenvalue weighted by Gasteiger charge is 2.14. The van der Waals surface area contributed by atoms with E-state index in [1.807, 2.05) is 12.5 Å². The van der Waals surface area contributed by atoms with Crippen molar-refractivity contribution < 1.29 is 0 Å². The van der Waals surface area contributed by atoms with Gasteiger partial charge in [-0.2, -0.15) is 0 Å². The highest BCUT2D eigenvalue weighted by molar-refractivity contribution is 4.97. The second kappa shape index (κ2) is 7.65. The summed E-state index contributed by atoms with van der Waals surface area (Å²) in [4.78, 5) is 6.81. The Bertz CT molecular complexity index is 353. The molecule has 0 unspecified atom stereocenters. The van der Waals surface area contributed by atoms with Crippen molar-refractivity contribution >= 4 is 0 Å². The molecule has 2 rings (SSSR count). The highest BCUT2D eigenvalue weighted by atomic mass is 15.1. The summed E-state index contributed by atoms with van der Waals surface area (Å²) in [5.41, 5.74) is 1.30. The zero-order valence-electron chi connectivity index (χ0n) is 12.4. The summed E-state index contributed by atoms with van der Waals surface area (Å²) >= 11 is 0. The van der Waals surface area contributed by atoms with Crippen LogP contribution in [0, 0.1) is 5.92 Å². The van der Waals surface area contributed by atoms with Crippen LogP contribution < -0.4 is 5.32 Å². The normalized spacial score (nSPS) is 18.0. The summed E-state index contributed by atoms with van der Waals surface area (Å²) < 4.78 is 2.25. The average Bonchev–Trinajstić information content (AvgIpc) is 2.85. The van der Waals surface area contributed by atoms with Crippen molar-refractivity contribution in [2.75, 3.05) is 26.2 Å². The minimum atomic E-state index is 0.924. The van der Waals surface area contributed by atoms with E-state index in [-0.39, 0.29) is 0 Å². The monoisotopic (exact) mass is 264 g/mol. The first-order valence-electron chi connectivity index (χ1n) is 7.71. The van der Waals surface area contributed by atoms with Crippen molar-refractivity contribution in [2.45, 2.75) is 46.2 Å². The lowest BCUT2D eigenvalue weighted by atomic mass is 9.99. The number of likely N-dealkylation sites (tertiary alicyclic amines) is 1. The summed E-state index contributed by atoms with van der Waals surface area (Å²) in [5.74, 6) is 0.924. The topological polar surface area (TPSA) is 33.1 Å². The number of aromatic nitrogens is 2. The third-order valence-electron chi connectivity index (χ3n) is 4.05. The molecule has 0 aliphatic carbocycles. The van der Waals surface area contributed by atoms with Gasteiger partial charge in [-0.05, 0) is 38.3 Å². The largest absolute Gasteiger partial charge is 0.333 e. The van der Waals surface area contributed by atoms with Gasteiger partial charge in [0.15, 0.2) is 0 Å². The van der Waals surface area contributed by atoms with Crippen molar-refractivity contribution in [1.82, 2.24) is 19.8 Å². The summed E-state index contributed by atoms with van der Waals surface area (Å²) in [6, 6.07) is 0. The molecule has 1 saturated heterocycles. The third kappa shape index (κ3) is 4.62. The fourth-order valence-electron chi connectivity index (χ4n) is 2.68. The van der Waals surface area contributed by atoms with Crippen LogP contribution in [0.25, 0.3) is 0 Å². The van der Waals surface area contributed by atoms with Crippen LogP contribution >= 0.6 is 0 Å². The molecule has 0 spiro atoms. The smallest absolute Gasteiger partial charge is 0.0948 e. The molecule has 0 bridgehead atoms. The Morgan fingerprint density at radius 3 is 2.84 bits per heavy atom. The predicted molar refractivity (Wildman–Crippen MR) is 79.1 cm³/mol. The number of hydrogen-bond donors (Lipinski definition) is 1. The zero-order valence-corrected chi connectivity index (χ0v) is 12.4. The van der Waals surface area contributed by atoms with E-state index >= 15 is 0 Å². The SMILES string of the molecule is CCCn1cncc1CNCCN1CCC(C)CC1. The molecular weight excluding hydrogens is 236 g/mol. The molecule has 108 valence electrons. The van der Waals surface area contributed by atoms with Gasteiger partial charge in [-0.1, -0.05) is 13.8 Å². The molecule has 1 aromatic rings. The van der Waals surface area contributed by atoms with Crippen LogP contribution in [-0.2, 0) is 13.1 Å². The molecule has 0 atom stereocenters. The third-order valence-corrected chi connectivity index (χ3v) is 4.05. The first kappa shape index (κ1) is 14.5. The number of piperidine rings is 1. The standard InChI is InChI=1S/C15H28N4/c1-3-7-19-13-17-12-15(19)11-16-6-10-18-8-4-14(2)5-9-18/h12-14,16H,3-11H2,1-2H3. The molecule has 0 saturated carbocycles. The highest BCUT2D eigenvalue weighted by Crippen LogP contribution is 2.15. The Balaban J connectivity index is 1.62. The van der Waals surface area contributed by atoms with E-state index in [4.69, 9.17) is 0 Å². The molecule has 0 aromatic carbocycles. The van der Waals surface area contributed by atoms with Gasteiger partial charge in [0.05, 0.1) is 12.0 Å². The maximum atomic E-state index is 4.23. The van der Waals surface area contributed by atoms with Gasteiger partial charge in [0, 0.05) is 32.4 Å². The molecule has 1 fully saturated rings. The van der Waals surface area contributed by atoms with E-state index in [1.165, 1.54) is 38.2 Å². The van der Waals surface area contributed by atoms with Crippen molar-refractivity contribution in [3.8, 4) is 0 Å². The van der Waals surface area contributed by atoms with Crippen LogP contribution in [0.3, 0.4) is 0 Å². The summed E-state index contributed by atoms with van der Waals surface area (Å²) in [6.45, 7) is 11.4. The zero-order chi connectivity index (χ0) is 13.5. The summed E-state index contributed by atoms with van der Waals surface area (Å²) in [6.07, 6.45) is 7.81. The molecule has 4 nitrogen and oxygen atoms in total. The Hall–Kier alpha value is -0.870. The number of aryl methyl sites for hydroxylation is 1. The average molecular weight is 264 g/mol. The van der Waals surface area contributed by atoms with Crippen LogP contribution in [0.5, 0.6) is 0 Å². The Morgan fingerprint density at radius 1 is 1.32 bits per heavy atom. The van der Waals surface area contributed by atoms with Gasteiger partial charge in [0.2, 0.25) is 0 Å². The van der Waals surface area contributed by atoms with Crippen molar-refractivity contribution in [2.24, 2.45) is 5.92 Å². The van der Waals surface area contributed by atoms with Gasteiger partial charge in [-0.15, -0.1) is 0 Å². The second-order valence-electron chi connectivity index (χ2n) is 5.78. The van der Waals surface area contributed by atoms with E-state index in [0.29, 0.717) is 0 Å². The van der Waals surface area contributed by atoms with Gasteiger partial charge in [-0.25, -0.2) is 4.98 Å².